The predicted molar refractivity (Wildman–Crippen MR) is 84.0 cm³/mol. The van der Waals surface area contributed by atoms with E-state index in [0.29, 0.717) is 12.5 Å². The number of carbonyl (C=O) groups is 1. The molecule has 110 valence electrons. The monoisotopic (exact) mass is 274 g/mol. The summed E-state index contributed by atoms with van der Waals surface area (Å²) >= 11 is 0. The Morgan fingerprint density at radius 1 is 1.25 bits per heavy atom. The zero-order valence-corrected chi connectivity index (χ0v) is 12.7. The van der Waals surface area contributed by atoms with Gasteiger partial charge in [0.2, 0.25) is 5.91 Å². The number of hydrogen-bond acceptors (Lipinski definition) is 2. The Hall–Kier alpha value is -1.51. The second-order valence-corrected chi connectivity index (χ2v) is 6.04. The molecule has 0 saturated heterocycles. The molecule has 0 aromatic heterocycles. The number of nitrogens with one attached hydrogen (secondary N) is 2. The molecule has 0 saturated carbocycles. The molecule has 0 atom stereocenters. The van der Waals surface area contributed by atoms with Crippen molar-refractivity contribution in [3.8, 4) is 0 Å². The molecular weight excluding hydrogens is 248 g/mol. The largest absolute Gasteiger partial charge is 0.376 e. The van der Waals surface area contributed by atoms with E-state index in [9.17, 15) is 4.79 Å². The summed E-state index contributed by atoms with van der Waals surface area (Å²) in [5, 5.41) is 6.26. The summed E-state index contributed by atoms with van der Waals surface area (Å²) in [6.45, 7) is 5.47. The van der Waals surface area contributed by atoms with Crippen molar-refractivity contribution in [2.45, 2.75) is 46.0 Å². The van der Waals surface area contributed by atoms with E-state index in [-0.39, 0.29) is 5.91 Å². The van der Waals surface area contributed by atoms with Crippen molar-refractivity contribution in [2.24, 2.45) is 5.92 Å². The minimum Gasteiger partial charge on any atom is -0.376 e. The van der Waals surface area contributed by atoms with Gasteiger partial charge in [0.05, 0.1) is 6.54 Å². The Kier molecular flexibility index (Phi) is 5.45. The number of aryl methyl sites for hydroxylation is 1. The fourth-order valence-electron chi connectivity index (χ4n) is 2.69. The van der Waals surface area contributed by atoms with Gasteiger partial charge in [0, 0.05) is 12.2 Å². The molecule has 2 rings (SSSR count). The third-order valence-corrected chi connectivity index (χ3v) is 3.88. The van der Waals surface area contributed by atoms with E-state index in [2.05, 4.69) is 42.7 Å². The molecule has 3 heteroatoms. The van der Waals surface area contributed by atoms with Gasteiger partial charge >= 0.3 is 0 Å². The van der Waals surface area contributed by atoms with Crippen LogP contribution in [0.4, 0.5) is 5.69 Å². The standard InChI is InChI=1S/C17H26N2O/c1-13(2)10-11-18-17(20)12-19-16-9-5-7-14-6-3-4-8-15(14)16/h5,7,9,13,19H,3-4,6,8,10-12H2,1-2H3,(H,18,20). The van der Waals surface area contributed by atoms with E-state index < -0.39 is 0 Å². The van der Waals surface area contributed by atoms with Crippen molar-refractivity contribution in [1.82, 2.24) is 5.32 Å². The van der Waals surface area contributed by atoms with E-state index in [1.807, 2.05) is 0 Å². The van der Waals surface area contributed by atoms with Crippen LogP contribution in [-0.4, -0.2) is 19.0 Å². The Morgan fingerprint density at radius 2 is 2.05 bits per heavy atom. The topological polar surface area (TPSA) is 41.1 Å². The number of benzene rings is 1. The summed E-state index contributed by atoms with van der Waals surface area (Å²) in [6, 6.07) is 6.39. The Balaban J connectivity index is 1.83. The fourth-order valence-corrected chi connectivity index (χ4v) is 2.69. The lowest BCUT2D eigenvalue weighted by molar-refractivity contribution is -0.119. The van der Waals surface area contributed by atoms with Crippen molar-refractivity contribution in [2.75, 3.05) is 18.4 Å². The molecule has 1 aromatic carbocycles. The van der Waals surface area contributed by atoms with E-state index in [1.54, 1.807) is 0 Å². The van der Waals surface area contributed by atoms with Gasteiger partial charge in [-0.3, -0.25) is 4.79 Å². The molecule has 0 bridgehead atoms. The Bertz CT molecular complexity index is 454. The number of rotatable bonds is 6. The van der Waals surface area contributed by atoms with Gasteiger partial charge in [-0.15, -0.1) is 0 Å². The van der Waals surface area contributed by atoms with Crippen LogP contribution in [0.2, 0.25) is 0 Å². The summed E-state index contributed by atoms with van der Waals surface area (Å²) in [7, 11) is 0. The summed E-state index contributed by atoms with van der Waals surface area (Å²) in [6.07, 6.45) is 5.88. The SMILES string of the molecule is CC(C)CCNC(=O)CNc1cccc2c1CCCC2. The quantitative estimate of drug-likeness (QED) is 0.836. The zero-order chi connectivity index (χ0) is 14.4. The van der Waals surface area contributed by atoms with Crippen LogP contribution in [0.3, 0.4) is 0 Å². The molecule has 0 radical (unpaired) electrons. The predicted octanol–water partition coefficient (Wildman–Crippen LogP) is 3.14. The van der Waals surface area contributed by atoms with E-state index in [0.717, 1.165) is 25.1 Å². The fraction of sp³-hybridized carbons (Fsp3) is 0.588. The van der Waals surface area contributed by atoms with Crippen molar-refractivity contribution in [3.63, 3.8) is 0 Å². The van der Waals surface area contributed by atoms with E-state index in [4.69, 9.17) is 0 Å². The van der Waals surface area contributed by atoms with Crippen LogP contribution in [-0.2, 0) is 17.6 Å². The first-order valence-electron chi connectivity index (χ1n) is 7.78. The average molecular weight is 274 g/mol. The minimum absolute atomic E-state index is 0.0825. The van der Waals surface area contributed by atoms with Crippen LogP contribution in [0.15, 0.2) is 18.2 Å². The molecule has 1 aromatic rings. The van der Waals surface area contributed by atoms with Crippen LogP contribution in [0, 0.1) is 5.92 Å². The molecule has 1 aliphatic rings. The Labute approximate surface area is 122 Å². The first-order valence-corrected chi connectivity index (χ1v) is 7.78. The van der Waals surface area contributed by atoms with Crippen LogP contribution >= 0.6 is 0 Å². The van der Waals surface area contributed by atoms with Crippen LogP contribution < -0.4 is 10.6 Å². The van der Waals surface area contributed by atoms with Crippen molar-refractivity contribution in [1.29, 1.82) is 0 Å². The molecule has 0 fully saturated rings. The highest BCUT2D eigenvalue weighted by Crippen LogP contribution is 2.27. The number of carbonyl (C=O) groups excluding carboxylic acids is 1. The van der Waals surface area contributed by atoms with Gasteiger partial charge in [-0.05, 0) is 55.2 Å². The number of fused-ring (bicyclic) bond motifs is 1. The van der Waals surface area contributed by atoms with Crippen molar-refractivity contribution < 1.29 is 4.79 Å². The Morgan fingerprint density at radius 3 is 2.85 bits per heavy atom. The highest BCUT2D eigenvalue weighted by molar-refractivity contribution is 5.81. The lowest BCUT2D eigenvalue weighted by atomic mass is 9.90. The summed E-state index contributed by atoms with van der Waals surface area (Å²) < 4.78 is 0. The summed E-state index contributed by atoms with van der Waals surface area (Å²) in [5.74, 6) is 0.712. The van der Waals surface area contributed by atoms with Gasteiger partial charge in [-0.2, -0.15) is 0 Å². The molecule has 0 unspecified atom stereocenters. The van der Waals surface area contributed by atoms with Crippen LogP contribution in [0.1, 0.15) is 44.2 Å². The lowest BCUT2D eigenvalue weighted by Gasteiger charge is -2.20. The highest BCUT2D eigenvalue weighted by atomic mass is 16.1. The van der Waals surface area contributed by atoms with Gasteiger partial charge < -0.3 is 10.6 Å². The lowest BCUT2D eigenvalue weighted by Crippen LogP contribution is -2.31. The van der Waals surface area contributed by atoms with E-state index >= 15 is 0 Å². The second kappa shape index (κ2) is 7.32. The van der Waals surface area contributed by atoms with Crippen molar-refractivity contribution in [3.05, 3.63) is 29.3 Å². The van der Waals surface area contributed by atoms with E-state index in [1.165, 1.54) is 30.4 Å². The van der Waals surface area contributed by atoms with Gasteiger partial charge in [0.1, 0.15) is 0 Å². The maximum absolute atomic E-state index is 11.8. The normalized spacial score (nSPS) is 13.9. The third-order valence-electron chi connectivity index (χ3n) is 3.88. The molecule has 3 nitrogen and oxygen atoms in total. The summed E-state index contributed by atoms with van der Waals surface area (Å²) in [4.78, 5) is 11.8. The van der Waals surface area contributed by atoms with Crippen molar-refractivity contribution >= 4 is 11.6 Å². The molecule has 20 heavy (non-hydrogen) atoms. The molecule has 2 N–H and O–H groups in total. The zero-order valence-electron chi connectivity index (χ0n) is 12.7. The number of anilines is 1. The van der Waals surface area contributed by atoms with Gasteiger partial charge in [0.15, 0.2) is 0 Å². The molecule has 1 aliphatic carbocycles. The highest BCUT2D eigenvalue weighted by Gasteiger charge is 2.13. The first-order chi connectivity index (χ1) is 9.66. The summed E-state index contributed by atoms with van der Waals surface area (Å²) in [5.41, 5.74) is 4.00. The average Bonchev–Trinajstić information content (AvgIpc) is 2.44. The molecule has 0 spiro atoms. The first kappa shape index (κ1) is 14.9. The van der Waals surface area contributed by atoms with Crippen LogP contribution in [0.5, 0.6) is 0 Å². The molecule has 0 heterocycles. The van der Waals surface area contributed by atoms with Gasteiger partial charge in [-0.25, -0.2) is 0 Å². The maximum Gasteiger partial charge on any atom is 0.239 e. The second-order valence-electron chi connectivity index (χ2n) is 6.04. The maximum atomic E-state index is 11.8. The molecular formula is C17H26N2O. The number of amides is 1. The van der Waals surface area contributed by atoms with Gasteiger partial charge in [-0.1, -0.05) is 26.0 Å². The molecule has 0 aliphatic heterocycles. The number of hydrogen-bond donors (Lipinski definition) is 2. The minimum atomic E-state index is 0.0825. The van der Waals surface area contributed by atoms with Gasteiger partial charge in [0.25, 0.3) is 0 Å². The smallest absolute Gasteiger partial charge is 0.239 e. The van der Waals surface area contributed by atoms with Crippen LogP contribution in [0.25, 0.3) is 0 Å². The molecule has 1 amide bonds. The third kappa shape index (κ3) is 4.26.